The maximum absolute atomic E-state index is 11.4. The Kier molecular flexibility index (Phi) is 6.10. The third-order valence-electron chi connectivity index (χ3n) is 4.91. The Bertz CT molecular complexity index is 1230. The van der Waals surface area contributed by atoms with E-state index in [1.165, 1.54) is 12.1 Å². The molecule has 174 valence electrons. The minimum atomic E-state index is -4.32. The van der Waals surface area contributed by atoms with Crippen molar-refractivity contribution in [3.8, 4) is 5.75 Å². The number of allylic oxidation sites excluding steroid dienone is 1. The van der Waals surface area contributed by atoms with E-state index in [9.17, 15) is 17.8 Å². The van der Waals surface area contributed by atoms with Gasteiger partial charge in [0.1, 0.15) is 5.75 Å². The number of rotatable bonds is 7. The van der Waals surface area contributed by atoms with Crippen LogP contribution in [0.2, 0.25) is 0 Å². The summed E-state index contributed by atoms with van der Waals surface area (Å²) in [5.74, 6) is -0.216. The molecule has 1 unspecified atom stereocenters. The van der Waals surface area contributed by atoms with Crippen molar-refractivity contribution in [1.82, 2.24) is 15.4 Å². The fourth-order valence-corrected chi connectivity index (χ4v) is 4.69. The topological polar surface area (TPSA) is 135 Å². The van der Waals surface area contributed by atoms with Crippen LogP contribution in [0.15, 0.2) is 69.6 Å². The number of hydrogen-bond acceptors (Lipinski definition) is 10. The van der Waals surface area contributed by atoms with E-state index in [2.05, 4.69) is 5.43 Å². The lowest BCUT2D eigenvalue weighted by Crippen LogP contribution is -2.51. The van der Waals surface area contributed by atoms with Crippen molar-refractivity contribution in [3.05, 3.63) is 65.2 Å². The second-order valence-corrected chi connectivity index (χ2v) is 9.56. The van der Waals surface area contributed by atoms with Crippen LogP contribution in [0.5, 0.6) is 5.75 Å². The van der Waals surface area contributed by atoms with Gasteiger partial charge in [0.05, 0.1) is 10.6 Å². The molecule has 0 spiro atoms. The van der Waals surface area contributed by atoms with E-state index >= 15 is 0 Å². The second kappa shape index (κ2) is 8.84. The quantitative estimate of drug-likeness (QED) is 0.492. The first-order chi connectivity index (χ1) is 15.6. The molecule has 0 fully saturated rings. The van der Waals surface area contributed by atoms with Gasteiger partial charge < -0.3 is 14.7 Å². The first-order valence-corrected chi connectivity index (χ1v) is 12.0. The number of anilines is 1. The number of benzene rings is 2. The molecule has 0 radical (unpaired) electrons. The molecular formula is C20H21N5O6S2. The summed E-state index contributed by atoms with van der Waals surface area (Å²) in [5, 5.41) is 19.0. The average molecular weight is 492 g/mol. The molecule has 0 bridgehead atoms. The first-order valence-electron chi connectivity index (χ1n) is 9.65. The highest BCUT2D eigenvalue weighted by Gasteiger charge is 2.36. The highest BCUT2D eigenvalue weighted by atomic mass is 32.2. The molecule has 2 aliphatic rings. The van der Waals surface area contributed by atoms with Crippen LogP contribution in [0, 0.1) is 0 Å². The molecule has 33 heavy (non-hydrogen) atoms. The predicted octanol–water partition coefficient (Wildman–Crippen LogP) is 2.12. The maximum Gasteiger partial charge on any atom is 0.341 e. The van der Waals surface area contributed by atoms with E-state index in [1.807, 2.05) is 24.3 Å². The number of hydrazine groups is 2. The smallest absolute Gasteiger partial charge is 0.341 e. The molecule has 0 amide bonds. The van der Waals surface area contributed by atoms with Gasteiger partial charge in [-0.05, 0) is 48.7 Å². The zero-order chi connectivity index (χ0) is 23.8. The Morgan fingerprint density at radius 2 is 1.97 bits per heavy atom. The van der Waals surface area contributed by atoms with Gasteiger partial charge in [0.15, 0.2) is 17.9 Å². The van der Waals surface area contributed by atoms with E-state index in [1.54, 1.807) is 58.4 Å². The van der Waals surface area contributed by atoms with Crippen LogP contribution in [-0.2, 0) is 14.9 Å². The number of thioether (sulfide) groups is 1. The van der Waals surface area contributed by atoms with Gasteiger partial charge in [-0.1, -0.05) is 23.9 Å². The van der Waals surface area contributed by atoms with Crippen molar-refractivity contribution in [3.63, 3.8) is 0 Å². The molecule has 4 rings (SSSR count). The number of hydrazone groups is 1. The molecule has 2 aromatic rings. The molecule has 13 heteroatoms. The van der Waals surface area contributed by atoms with Gasteiger partial charge in [0.2, 0.25) is 0 Å². The van der Waals surface area contributed by atoms with E-state index in [0.29, 0.717) is 22.8 Å². The van der Waals surface area contributed by atoms with E-state index in [-0.39, 0.29) is 10.4 Å². The van der Waals surface area contributed by atoms with Gasteiger partial charge in [-0.15, -0.1) is 10.2 Å². The second-order valence-electron chi connectivity index (χ2n) is 7.20. The highest BCUT2D eigenvalue weighted by molar-refractivity contribution is 8.02. The van der Waals surface area contributed by atoms with E-state index in [4.69, 9.17) is 14.9 Å². The molecule has 0 saturated heterocycles. The van der Waals surface area contributed by atoms with Crippen molar-refractivity contribution >= 4 is 39.4 Å². The summed E-state index contributed by atoms with van der Waals surface area (Å²) in [7, 11) is -2.38. The monoisotopic (exact) mass is 491 g/mol. The summed E-state index contributed by atoms with van der Waals surface area (Å²) in [5.41, 5.74) is 5.28. The Labute approximate surface area is 194 Å². The lowest BCUT2D eigenvalue weighted by molar-refractivity contribution is -0.139. The summed E-state index contributed by atoms with van der Waals surface area (Å²) in [6.45, 7) is 1.52. The van der Waals surface area contributed by atoms with Gasteiger partial charge in [0.25, 0.3) is 10.1 Å². The molecule has 2 aromatic carbocycles. The summed E-state index contributed by atoms with van der Waals surface area (Å²) < 4.78 is 37.4. The van der Waals surface area contributed by atoms with Crippen LogP contribution in [-0.4, -0.2) is 59.1 Å². The third-order valence-corrected chi connectivity index (χ3v) is 7.01. The number of ether oxygens (including phenoxy) is 1. The average Bonchev–Trinajstić information content (AvgIpc) is 3.36. The fraction of sp³-hybridized carbons (Fsp3) is 0.200. The van der Waals surface area contributed by atoms with Gasteiger partial charge in [-0.3, -0.25) is 9.98 Å². The van der Waals surface area contributed by atoms with E-state index in [0.717, 1.165) is 5.70 Å². The summed E-state index contributed by atoms with van der Waals surface area (Å²) in [6.07, 6.45) is 0. The van der Waals surface area contributed by atoms with Crippen LogP contribution in [0.1, 0.15) is 12.5 Å². The van der Waals surface area contributed by atoms with Crippen LogP contribution in [0.4, 0.5) is 5.69 Å². The first kappa shape index (κ1) is 22.8. The molecule has 2 aliphatic heterocycles. The van der Waals surface area contributed by atoms with Crippen molar-refractivity contribution in [1.29, 1.82) is 0 Å². The van der Waals surface area contributed by atoms with Crippen LogP contribution in [0.25, 0.3) is 0 Å². The standard InChI is InChI=1S/C20H21N5O6S2/c1-13-12-32-20(23(13)2)25-22-19(14-4-3-5-16(10-14)31-11-18(26)27)21-24(25)15-6-8-17(9-7-15)33(28,29)30/h3-10,12,20H,11H2,1-2H3,(H,21,22)(H,26,27)(H,28,29,30). The fourth-order valence-electron chi connectivity index (χ4n) is 3.13. The normalized spacial score (nSPS) is 18.2. The molecule has 3 N–H and O–H groups in total. The van der Waals surface area contributed by atoms with E-state index < -0.39 is 22.7 Å². The zero-order valence-corrected chi connectivity index (χ0v) is 19.2. The van der Waals surface area contributed by atoms with Crippen molar-refractivity contribution in [2.45, 2.75) is 17.3 Å². The van der Waals surface area contributed by atoms with Crippen molar-refractivity contribution < 1.29 is 27.6 Å². The van der Waals surface area contributed by atoms with Gasteiger partial charge >= 0.3 is 5.97 Å². The number of nitrogens with zero attached hydrogens (tertiary/aromatic N) is 4. The van der Waals surface area contributed by atoms with Crippen molar-refractivity contribution in [2.24, 2.45) is 5.10 Å². The third kappa shape index (κ3) is 4.84. The van der Waals surface area contributed by atoms with Gasteiger partial charge in [-0.25, -0.2) is 4.79 Å². The number of hydrogen-bond donors (Lipinski definition) is 3. The number of amidine groups is 1. The Balaban J connectivity index is 1.65. The maximum atomic E-state index is 11.4. The Morgan fingerprint density at radius 1 is 1.24 bits per heavy atom. The Morgan fingerprint density at radius 3 is 2.58 bits per heavy atom. The molecule has 0 saturated carbocycles. The SMILES string of the molecule is CC1=CSC(N2N=C(c3cccc(OCC(=O)O)c3)NN2c2ccc(S(=O)(=O)O)cc2)N1C. The Hall–Kier alpha value is -3.42. The number of carboxylic acids is 1. The van der Waals surface area contributed by atoms with Crippen LogP contribution < -0.4 is 15.3 Å². The minimum absolute atomic E-state index is 0.216. The molecule has 0 aliphatic carbocycles. The minimum Gasteiger partial charge on any atom is -0.482 e. The lowest BCUT2D eigenvalue weighted by Gasteiger charge is -2.35. The molecule has 11 nitrogen and oxygen atoms in total. The number of nitrogens with one attached hydrogen (secondary N) is 1. The van der Waals surface area contributed by atoms with Crippen molar-refractivity contribution in [2.75, 3.05) is 18.8 Å². The van der Waals surface area contributed by atoms with Crippen LogP contribution in [0.3, 0.4) is 0 Å². The number of carboxylic acid groups (broad SMARTS) is 1. The molecule has 0 aromatic heterocycles. The zero-order valence-electron chi connectivity index (χ0n) is 17.6. The highest BCUT2D eigenvalue weighted by Crippen LogP contribution is 2.35. The molecule has 2 heterocycles. The van der Waals surface area contributed by atoms with Gasteiger partial charge in [0, 0.05) is 18.3 Å². The van der Waals surface area contributed by atoms with Crippen LogP contribution >= 0.6 is 11.8 Å². The summed E-state index contributed by atoms with van der Waals surface area (Å²) in [4.78, 5) is 12.6. The number of carbonyl (C=O) groups is 1. The largest absolute Gasteiger partial charge is 0.482 e. The predicted molar refractivity (Wildman–Crippen MR) is 123 cm³/mol. The summed E-state index contributed by atoms with van der Waals surface area (Å²) >= 11 is 1.55. The van der Waals surface area contributed by atoms with Gasteiger partial charge in [-0.2, -0.15) is 13.5 Å². The lowest BCUT2D eigenvalue weighted by atomic mass is 10.2. The number of aliphatic carboxylic acids is 1. The summed E-state index contributed by atoms with van der Waals surface area (Å²) in [6, 6.07) is 12.6. The molecular weight excluding hydrogens is 470 g/mol. The molecule has 1 atom stereocenters.